The lowest BCUT2D eigenvalue weighted by Crippen LogP contribution is -2.44. The number of ether oxygens (including phenoxy) is 1. The van der Waals surface area contributed by atoms with Gasteiger partial charge in [-0.2, -0.15) is 18.3 Å². The quantitative estimate of drug-likeness (QED) is 0.821. The molecule has 0 saturated heterocycles. The summed E-state index contributed by atoms with van der Waals surface area (Å²) < 4.78 is 44.0. The second kappa shape index (κ2) is 7.34. The molecular weight excluding hydrogens is 343 g/mol. The average Bonchev–Trinajstić information content (AvgIpc) is 3.03. The molecule has 2 N–H and O–H groups in total. The van der Waals surface area contributed by atoms with Crippen LogP contribution >= 0.6 is 0 Å². The Labute approximate surface area is 140 Å². The van der Waals surface area contributed by atoms with Crippen LogP contribution in [-0.2, 0) is 15.7 Å². The van der Waals surface area contributed by atoms with Crippen molar-refractivity contribution in [1.82, 2.24) is 15.1 Å². The number of hydrogen-bond donors (Lipinski definition) is 2. The van der Waals surface area contributed by atoms with Gasteiger partial charge < -0.3 is 15.2 Å². The third kappa shape index (κ3) is 4.57. The molecule has 1 amide bonds. The first-order valence-corrected chi connectivity index (χ1v) is 6.98. The minimum atomic E-state index is -4.50. The SMILES string of the molecule is COCC(NC(=O)c1ccn(-c2cccc(C(F)(F)F)c2)n1)C(=O)O. The van der Waals surface area contributed by atoms with Gasteiger partial charge in [0, 0.05) is 13.3 Å². The summed E-state index contributed by atoms with van der Waals surface area (Å²) in [5.74, 6) is -2.07. The number of amides is 1. The summed E-state index contributed by atoms with van der Waals surface area (Å²) in [6.07, 6.45) is -3.20. The fraction of sp³-hybridized carbons (Fsp3) is 0.267. The van der Waals surface area contributed by atoms with Gasteiger partial charge in [0.2, 0.25) is 0 Å². The van der Waals surface area contributed by atoms with Gasteiger partial charge in [-0.25, -0.2) is 9.48 Å². The number of alkyl halides is 3. The number of nitrogens with zero attached hydrogens (tertiary/aromatic N) is 2. The number of aromatic nitrogens is 2. The van der Waals surface area contributed by atoms with E-state index in [4.69, 9.17) is 9.84 Å². The highest BCUT2D eigenvalue weighted by Gasteiger charge is 2.30. The standard InChI is InChI=1S/C15H14F3N3O4/c1-25-8-12(14(23)24)19-13(22)11-5-6-21(20-11)10-4-2-3-9(7-10)15(16,17)18/h2-7,12H,8H2,1H3,(H,19,22)(H,23,24). The normalized spacial score (nSPS) is 12.6. The molecule has 1 atom stereocenters. The molecule has 0 aliphatic rings. The van der Waals surface area contributed by atoms with Gasteiger partial charge in [0.05, 0.1) is 17.9 Å². The van der Waals surface area contributed by atoms with Crippen molar-refractivity contribution in [3.05, 3.63) is 47.8 Å². The minimum absolute atomic E-state index is 0.112. The van der Waals surface area contributed by atoms with Crippen LogP contribution in [0.25, 0.3) is 5.69 Å². The predicted octanol–water partition coefficient (Wildman–Crippen LogP) is 1.72. The van der Waals surface area contributed by atoms with Crippen molar-refractivity contribution in [2.45, 2.75) is 12.2 Å². The topological polar surface area (TPSA) is 93.5 Å². The molecule has 0 radical (unpaired) electrons. The van der Waals surface area contributed by atoms with Crippen molar-refractivity contribution < 1.29 is 32.6 Å². The van der Waals surface area contributed by atoms with Crippen LogP contribution in [0, 0.1) is 0 Å². The Hall–Kier alpha value is -2.88. The van der Waals surface area contributed by atoms with Crippen molar-refractivity contribution in [2.24, 2.45) is 0 Å². The van der Waals surface area contributed by atoms with E-state index in [-0.39, 0.29) is 18.0 Å². The summed E-state index contributed by atoms with van der Waals surface area (Å²) in [5, 5.41) is 15.1. The zero-order valence-corrected chi connectivity index (χ0v) is 12.9. The first-order valence-electron chi connectivity index (χ1n) is 6.98. The summed E-state index contributed by atoms with van der Waals surface area (Å²) in [6, 6.07) is 4.42. The molecule has 1 heterocycles. The molecule has 0 saturated carbocycles. The van der Waals surface area contributed by atoms with Crippen molar-refractivity contribution in [2.75, 3.05) is 13.7 Å². The Bertz CT molecular complexity index is 773. The van der Waals surface area contributed by atoms with Crippen LogP contribution in [0.4, 0.5) is 13.2 Å². The Morgan fingerprint density at radius 2 is 2.08 bits per heavy atom. The molecule has 0 spiro atoms. The van der Waals surface area contributed by atoms with Crippen molar-refractivity contribution in [1.29, 1.82) is 0 Å². The van der Waals surface area contributed by atoms with Gasteiger partial charge in [-0.3, -0.25) is 4.79 Å². The molecule has 25 heavy (non-hydrogen) atoms. The van der Waals surface area contributed by atoms with Crippen LogP contribution in [0.3, 0.4) is 0 Å². The second-order valence-corrected chi connectivity index (χ2v) is 5.01. The first-order chi connectivity index (χ1) is 11.7. The summed E-state index contributed by atoms with van der Waals surface area (Å²) in [4.78, 5) is 23.0. The van der Waals surface area contributed by atoms with Crippen LogP contribution < -0.4 is 5.32 Å². The Balaban J connectivity index is 2.20. The van der Waals surface area contributed by atoms with Crippen LogP contribution in [0.5, 0.6) is 0 Å². The lowest BCUT2D eigenvalue weighted by atomic mass is 10.2. The maximum absolute atomic E-state index is 12.7. The highest BCUT2D eigenvalue weighted by atomic mass is 19.4. The number of aliphatic carboxylic acids is 1. The molecule has 0 bridgehead atoms. The third-order valence-corrected chi connectivity index (χ3v) is 3.20. The number of carbonyl (C=O) groups is 2. The van der Waals surface area contributed by atoms with E-state index in [0.717, 1.165) is 16.8 Å². The molecule has 7 nitrogen and oxygen atoms in total. The smallest absolute Gasteiger partial charge is 0.416 e. The van der Waals surface area contributed by atoms with Gasteiger partial charge in [-0.15, -0.1) is 0 Å². The molecule has 0 aliphatic heterocycles. The van der Waals surface area contributed by atoms with Crippen molar-refractivity contribution in [3.8, 4) is 5.69 Å². The Kier molecular flexibility index (Phi) is 5.42. The van der Waals surface area contributed by atoms with Crippen LogP contribution in [0.1, 0.15) is 16.1 Å². The summed E-state index contributed by atoms with van der Waals surface area (Å²) in [6.45, 7) is -0.241. The van der Waals surface area contributed by atoms with Gasteiger partial charge in [0.1, 0.15) is 0 Å². The molecule has 1 aromatic heterocycles. The van der Waals surface area contributed by atoms with E-state index >= 15 is 0 Å². The lowest BCUT2D eigenvalue weighted by molar-refractivity contribution is -0.140. The lowest BCUT2D eigenvalue weighted by Gasteiger charge is -2.12. The molecular formula is C15H14F3N3O4. The number of benzene rings is 1. The highest BCUT2D eigenvalue weighted by molar-refractivity contribution is 5.94. The molecule has 10 heteroatoms. The number of hydrogen-bond acceptors (Lipinski definition) is 4. The fourth-order valence-corrected chi connectivity index (χ4v) is 1.99. The van der Waals surface area contributed by atoms with E-state index in [1.807, 2.05) is 0 Å². The van der Waals surface area contributed by atoms with E-state index < -0.39 is 29.7 Å². The monoisotopic (exact) mass is 357 g/mol. The maximum atomic E-state index is 12.7. The molecule has 134 valence electrons. The highest BCUT2D eigenvalue weighted by Crippen LogP contribution is 2.30. The van der Waals surface area contributed by atoms with Gasteiger partial charge in [0.15, 0.2) is 11.7 Å². The zero-order chi connectivity index (χ0) is 18.6. The Morgan fingerprint density at radius 1 is 1.36 bits per heavy atom. The van der Waals surface area contributed by atoms with Gasteiger partial charge in [-0.1, -0.05) is 6.07 Å². The second-order valence-electron chi connectivity index (χ2n) is 5.01. The molecule has 0 fully saturated rings. The average molecular weight is 357 g/mol. The van der Waals surface area contributed by atoms with E-state index in [1.54, 1.807) is 0 Å². The molecule has 2 rings (SSSR count). The van der Waals surface area contributed by atoms with Crippen LogP contribution in [0.2, 0.25) is 0 Å². The number of carboxylic acids is 1. The fourth-order valence-electron chi connectivity index (χ4n) is 1.99. The molecule has 1 aromatic carbocycles. The first kappa shape index (κ1) is 18.5. The Morgan fingerprint density at radius 3 is 2.68 bits per heavy atom. The van der Waals surface area contributed by atoms with Gasteiger partial charge in [-0.05, 0) is 24.3 Å². The van der Waals surface area contributed by atoms with E-state index in [2.05, 4.69) is 10.4 Å². The minimum Gasteiger partial charge on any atom is -0.480 e. The van der Waals surface area contributed by atoms with E-state index in [1.165, 1.54) is 31.5 Å². The molecule has 0 aliphatic carbocycles. The van der Waals surface area contributed by atoms with Crippen LogP contribution in [-0.4, -0.2) is 46.5 Å². The third-order valence-electron chi connectivity index (χ3n) is 3.20. The molecule has 1 unspecified atom stereocenters. The summed E-state index contributed by atoms with van der Waals surface area (Å²) >= 11 is 0. The maximum Gasteiger partial charge on any atom is 0.416 e. The number of halogens is 3. The zero-order valence-electron chi connectivity index (χ0n) is 12.9. The van der Waals surface area contributed by atoms with Gasteiger partial charge in [0.25, 0.3) is 5.91 Å². The molecule has 2 aromatic rings. The van der Waals surface area contributed by atoms with Crippen molar-refractivity contribution in [3.63, 3.8) is 0 Å². The number of rotatable bonds is 6. The van der Waals surface area contributed by atoms with Crippen molar-refractivity contribution >= 4 is 11.9 Å². The van der Waals surface area contributed by atoms with Gasteiger partial charge >= 0.3 is 12.1 Å². The summed E-state index contributed by atoms with van der Waals surface area (Å²) in [7, 11) is 1.28. The number of nitrogens with one attached hydrogen (secondary N) is 1. The number of carboxylic acid groups (broad SMARTS) is 1. The number of methoxy groups -OCH3 is 1. The largest absolute Gasteiger partial charge is 0.480 e. The number of carbonyl (C=O) groups excluding carboxylic acids is 1. The van der Waals surface area contributed by atoms with E-state index in [0.29, 0.717) is 0 Å². The van der Waals surface area contributed by atoms with Crippen LogP contribution in [0.15, 0.2) is 36.5 Å². The predicted molar refractivity (Wildman–Crippen MR) is 79.3 cm³/mol. The summed E-state index contributed by atoms with van der Waals surface area (Å²) in [5.41, 5.74) is -0.877. The van der Waals surface area contributed by atoms with E-state index in [9.17, 15) is 22.8 Å².